The van der Waals surface area contributed by atoms with Crippen LogP contribution >= 0.6 is 0 Å². The monoisotopic (exact) mass is 345 g/mol. The van der Waals surface area contributed by atoms with Crippen LogP contribution in [0.5, 0.6) is 0 Å². The SMILES string of the molecule is CC1Cc2ccccc2N1c1ccc(C(=O)NCc2cccnc2)nn1. The lowest BCUT2D eigenvalue weighted by atomic mass is 10.1. The van der Waals surface area contributed by atoms with E-state index in [-0.39, 0.29) is 5.91 Å². The summed E-state index contributed by atoms with van der Waals surface area (Å²) in [6.45, 7) is 2.57. The maximum absolute atomic E-state index is 12.3. The van der Waals surface area contributed by atoms with Crippen molar-refractivity contribution in [3.8, 4) is 0 Å². The van der Waals surface area contributed by atoms with Gasteiger partial charge in [0.05, 0.1) is 0 Å². The highest BCUT2D eigenvalue weighted by atomic mass is 16.1. The van der Waals surface area contributed by atoms with Gasteiger partial charge in [0.1, 0.15) is 0 Å². The molecule has 130 valence electrons. The zero-order valence-electron chi connectivity index (χ0n) is 14.5. The second-order valence-electron chi connectivity index (χ2n) is 6.37. The Hall–Kier alpha value is -3.28. The van der Waals surface area contributed by atoms with Crippen LogP contribution in [0, 0.1) is 0 Å². The van der Waals surface area contributed by atoms with Crippen molar-refractivity contribution in [2.45, 2.75) is 25.9 Å². The summed E-state index contributed by atoms with van der Waals surface area (Å²) in [5.74, 6) is 0.508. The summed E-state index contributed by atoms with van der Waals surface area (Å²) in [4.78, 5) is 18.5. The van der Waals surface area contributed by atoms with Crippen LogP contribution in [0.4, 0.5) is 11.5 Å². The predicted molar refractivity (Wildman–Crippen MR) is 99.2 cm³/mol. The van der Waals surface area contributed by atoms with E-state index in [4.69, 9.17) is 0 Å². The van der Waals surface area contributed by atoms with E-state index < -0.39 is 0 Å². The highest BCUT2D eigenvalue weighted by molar-refractivity contribution is 5.92. The van der Waals surface area contributed by atoms with E-state index in [1.54, 1.807) is 18.5 Å². The molecule has 3 heterocycles. The highest BCUT2D eigenvalue weighted by Crippen LogP contribution is 2.36. The summed E-state index contributed by atoms with van der Waals surface area (Å²) in [6.07, 6.45) is 4.40. The van der Waals surface area contributed by atoms with E-state index in [1.807, 2.05) is 24.3 Å². The normalized spacial score (nSPS) is 15.6. The van der Waals surface area contributed by atoms with Crippen molar-refractivity contribution in [1.82, 2.24) is 20.5 Å². The average molecular weight is 345 g/mol. The Morgan fingerprint density at radius 2 is 2.04 bits per heavy atom. The number of carbonyl (C=O) groups excluding carboxylic acids is 1. The van der Waals surface area contributed by atoms with Gasteiger partial charge in [-0.1, -0.05) is 24.3 Å². The van der Waals surface area contributed by atoms with Gasteiger partial charge in [0, 0.05) is 30.7 Å². The molecule has 0 fully saturated rings. The Balaban J connectivity index is 1.48. The van der Waals surface area contributed by atoms with Gasteiger partial charge < -0.3 is 10.2 Å². The topological polar surface area (TPSA) is 71.0 Å². The number of nitrogens with one attached hydrogen (secondary N) is 1. The zero-order chi connectivity index (χ0) is 17.9. The molecule has 1 aliphatic rings. The van der Waals surface area contributed by atoms with Crippen molar-refractivity contribution in [3.05, 3.63) is 77.7 Å². The van der Waals surface area contributed by atoms with E-state index >= 15 is 0 Å². The van der Waals surface area contributed by atoms with Gasteiger partial charge in [-0.2, -0.15) is 0 Å². The molecule has 3 aromatic rings. The van der Waals surface area contributed by atoms with Crippen molar-refractivity contribution in [2.75, 3.05) is 4.90 Å². The molecule has 2 aromatic heterocycles. The Kier molecular flexibility index (Phi) is 4.31. The van der Waals surface area contributed by atoms with Crippen LogP contribution in [-0.4, -0.2) is 27.1 Å². The summed E-state index contributed by atoms with van der Waals surface area (Å²) in [5, 5.41) is 11.2. The van der Waals surface area contributed by atoms with E-state index in [1.165, 1.54) is 5.56 Å². The molecule has 26 heavy (non-hydrogen) atoms. The van der Waals surface area contributed by atoms with Crippen LogP contribution in [0.3, 0.4) is 0 Å². The average Bonchev–Trinajstić information content (AvgIpc) is 3.03. The summed E-state index contributed by atoms with van der Waals surface area (Å²) < 4.78 is 0. The molecule has 1 N–H and O–H groups in total. The molecule has 1 aliphatic heterocycles. The minimum absolute atomic E-state index is 0.247. The van der Waals surface area contributed by atoms with Crippen molar-refractivity contribution < 1.29 is 4.79 Å². The first-order valence-corrected chi connectivity index (χ1v) is 8.60. The Morgan fingerprint density at radius 3 is 2.81 bits per heavy atom. The number of fused-ring (bicyclic) bond motifs is 1. The maximum atomic E-state index is 12.3. The summed E-state index contributed by atoms with van der Waals surface area (Å²) in [7, 11) is 0. The highest BCUT2D eigenvalue weighted by Gasteiger charge is 2.28. The largest absolute Gasteiger partial charge is 0.347 e. The maximum Gasteiger partial charge on any atom is 0.272 e. The van der Waals surface area contributed by atoms with Gasteiger partial charge in [0.25, 0.3) is 5.91 Å². The molecule has 0 saturated heterocycles. The summed E-state index contributed by atoms with van der Waals surface area (Å²) >= 11 is 0. The minimum atomic E-state index is -0.247. The first-order valence-electron chi connectivity index (χ1n) is 8.60. The van der Waals surface area contributed by atoms with Crippen LogP contribution in [0.25, 0.3) is 0 Å². The number of benzene rings is 1. The smallest absolute Gasteiger partial charge is 0.272 e. The molecule has 0 aliphatic carbocycles. The van der Waals surface area contributed by atoms with Crippen molar-refractivity contribution >= 4 is 17.4 Å². The number of amides is 1. The first-order chi connectivity index (χ1) is 12.7. The third kappa shape index (κ3) is 3.13. The number of aromatic nitrogens is 3. The van der Waals surface area contributed by atoms with Gasteiger partial charge >= 0.3 is 0 Å². The van der Waals surface area contributed by atoms with Crippen molar-refractivity contribution in [2.24, 2.45) is 0 Å². The lowest BCUT2D eigenvalue weighted by Gasteiger charge is -2.23. The second kappa shape index (κ2) is 6.92. The van der Waals surface area contributed by atoms with Gasteiger partial charge in [0.15, 0.2) is 11.5 Å². The first kappa shape index (κ1) is 16.2. The van der Waals surface area contributed by atoms with Crippen LogP contribution in [0.15, 0.2) is 60.9 Å². The van der Waals surface area contributed by atoms with E-state index in [0.717, 1.165) is 23.5 Å². The van der Waals surface area contributed by atoms with Gasteiger partial charge in [-0.15, -0.1) is 10.2 Å². The molecule has 1 atom stereocenters. The molecule has 0 saturated carbocycles. The zero-order valence-corrected chi connectivity index (χ0v) is 14.5. The molecular weight excluding hydrogens is 326 g/mol. The lowest BCUT2D eigenvalue weighted by molar-refractivity contribution is 0.0945. The van der Waals surface area contributed by atoms with Crippen LogP contribution in [0.2, 0.25) is 0 Å². The lowest BCUT2D eigenvalue weighted by Crippen LogP contribution is -2.27. The van der Waals surface area contributed by atoms with E-state index in [2.05, 4.69) is 50.5 Å². The molecule has 0 bridgehead atoms. The van der Waals surface area contributed by atoms with Gasteiger partial charge in [-0.05, 0) is 48.7 Å². The fourth-order valence-corrected chi connectivity index (χ4v) is 3.27. The van der Waals surface area contributed by atoms with Crippen molar-refractivity contribution in [3.63, 3.8) is 0 Å². The Labute approximate surface area is 151 Å². The minimum Gasteiger partial charge on any atom is -0.347 e. The standard InChI is InChI=1S/C20H19N5O/c1-14-11-16-6-2-3-7-18(16)25(14)19-9-8-17(23-24-19)20(26)22-13-15-5-4-10-21-12-15/h2-10,12,14H,11,13H2,1H3,(H,22,26). The Morgan fingerprint density at radius 1 is 1.15 bits per heavy atom. The molecular formula is C20H19N5O. The second-order valence-corrected chi connectivity index (χ2v) is 6.37. The third-order valence-corrected chi connectivity index (χ3v) is 4.51. The summed E-state index contributed by atoms with van der Waals surface area (Å²) in [5.41, 5.74) is 3.70. The van der Waals surface area contributed by atoms with Crippen LogP contribution < -0.4 is 10.2 Å². The molecule has 0 spiro atoms. The fourth-order valence-electron chi connectivity index (χ4n) is 3.27. The van der Waals surface area contributed by atoms with Gasteiger partial charge in [-0.3, -0.25) is 9.78 Å². The van der Waals surface area contributed by atoms with Crippen LogP contribution in [0.1, 0.15) is 28.5 Å². The summed E-state index contributed by atoms with van der Waals surface area (Å²) in [6, 6.07) is 15.9. The molecule has 6 heteroatoms. The molecule has 1 unspecified atom stereocenters. The molecule has 0 radical (unpaired) electrons. The van der Waals surface area contributed by atoms with Gasteiger partial charge in [0.2, 0.25) is 0 Å². The number of hydrogen-bond donors (Lipinski definition) is 1. The third-order valence-electron chi connectivity index (χ3n) is 4.51. The van der Waals surface area contributed by atoms with Gasteiger partial charge in [-0.25, -0.2) is 0 Å². The quantitative estimate of drug-likeness (QED) is 0.787. The molecule has 1 aromatic carbocycles. The predicted octanol–water partition coefficient (Wildman–Crippen LogP) is 2.88. The Bertz CT molecular complexity index is 911. The number of hydrogen-bond acceptors (Lipinski definition) is 5. The number of nitrogens with zero attached hydrogens (tertiary/aromatic N) is 4. The van der Waals surface area contributed by atoms with Crippen LogP contribution in [-0.2, 0) is 13.0 Å². The number of pyridine rings is 1. The van der Waals surface area contributed by atoms with E-state index in [0.29, 0.717) is 18.3 Å². The number of carbonyl (C=O) groups is 1. The molecule has 1 amide bonds. The molecule has 6 nitrogen and oxygen atoms in total. The fraction of sp³-hybridized carbons (Fsp3) is 0.200. The van der Waals surface area contributed by atoms with E-state index in [9.17, 15) is 4.79 Å². The van der Waals surface area contributed by atoms with Crippen molar-refractivity contribution in [1.29, 1.82) is 0 Å². The number of rotatable bonds is 4. The number of para-hydroxylation sites is 1. The number of anilines is 2. The molecule has 4 rings (SSSR count).